The van der Waals surface area contributed by atoms with Gasteiger partial charge in [-0.25, -0.2) is 0 Å². The molecule has 1 aliphatic heterocycles. The van der Waals surface area contributed by atoms with Gasteiger partial charge in [0.2, 0.25) is 0 Å². The summed E-state index contributed by atoms with van der Waals surface area (Å²) < 4.78 is 12.6. The third-order valence-corrected chi connectivity index (χ3v) is 3.55. The van der Waals surface area contributed by atoms with Crippen LogP contribution in [0.25, 0.3) is 0 Å². The van der Waals surface area contributed by atoms with Crippen LogP contribution in [0.1, 0.15) is 30.3 Å². The Bertz CT molecular complexity index is 425. The fourth-order valence-electron chi connectivity index (χ4n) is 2.39. The van der Waals surface area contributed by atoms with Crippen molar-refractivity contribution in [2.24, 2.45) is 7.05 Å². The lowest BCUT2D eigenvalue weighted by Crippen LogP contribution is -2.41. The summed E-state index contributed by atoms with van der Waals surface area (Å²) in [5, 5.41) is 4.04. The Kier molecular flexibility index (Phi) is 5.55. The summed E-state index contributed by atoms with van der Waals surface area (Å²) in [6.45, 7) is 5.45. The predicted octanol–water partition coefficient (Wildman–Crippen LogP) is 1.08. The van der Waals surface area contributed by atoms with E-state index in [2.05, 4.69) is 5.10 Å². The van der Waals surface area contributed by atoms with E-state index in [1.165, 1.54) is 0 Å². The summed E-state index contributed by atoms with van der Waals surface area (Å²) in [4.78, 5) is 14.2. The SMILES string of the molecule is CCOCCOC1CCN(C(=O)c2ccnn2C)CC1. The first-order valence-corrected chi connectivity index (χ1v) is 7.19. The number of carbonyl (C=O) groups is 1. The van der Waals surface area contributed by atoms with Crippen molar-refractivity contribution in [3.63, 3.8) is 0 Å². The van der Waals surface area contributed by atoms with Crippen LogP contribution in [0, 0.1) is 0 Å². The van der Waals surface area contributed by atoms with Gasteiger partial charge in [-0.15, -0.1) is 0 Å². The molecule has 0 saturated carbocycles. The second-order valence-electron chi connectivity index (χ2n) is 4.90. The smallest absolute Gasteiger partial charge is 0.272 e. The molecular formula is C14H23N3O3. The molecule has 0 spiro atoms. The number of nitrogens with zero attached hydrogens (tertiary/aromatic N) is 3. The summed E-state index contributed by atoms with van der Waals surface area (Å²) in [6, 6.07) is 1.76. The van der Waals surface area contributed by atoms with Crippen molar-refractivity contribution in [1.82, 2.24) is 14.7 Å². The normalized spacial score (nSPS) is 16.6. The van der Waals surface area contributed by atoms with Crippen LogP contribution in [-0.4, -0.2) is 59.6 Å². The Morgan fingerprint density at radius 2 is 2.15 bits per heavy atom. The molecule has 2 rings (SSSR count). The average Bonchev–Trinajstić information content (AvgIpc) is 2.90. The van der Waals surface area contributed by atoms with Crippen LogP contribution in [-0.2, 0) is 16.5 Å². The molecule has 20 heavy (non-hydrogen) atoms. The first-order chi connectivity index (χ1) is 9.72. The van der Waals surface area contributed by atoms with E-state index in [1.54, 1.807) is 24.0 Å². The van der Waals surface area contributed by atoms with E-state index in [-0.39, 0.29) is 12.0 Å². The summed E-state index contributed by atoms with van der Waals surface area (Å²) in [5.74, 6) is 0.0535. The predicted molar refractivity (Wildman–Crippen MR) is 74.6 cm³/mol. The van der Waals surface area contributed by atoms with Crippen molar-refractivity contribution in [2.45, 2.75) is 25.9 Å². The lowest BCUT2D eigenvalue weighted by Gasteiger charge is -2.31. The Morgan fingerprint density at radius 3 is 2.75 bits per heavy atom. The molecule has 1 saturated heterocycles. The Morgan fingerprint density at radius 1 is 1.40 bits per heavy atom. The standard InChI is InChI=1S/C14H23N3O3/c1-3-19-10-11-20-12-5-8-17(9-6-12)14(18)13-4-7-15-16(13)2/h4,7,12H,3,5-6,8-11H2,1-2H3. The van der Waals surface area contributed by atoms with Gasteiger partial charge in [-0.2, -0.15) is 5.10 Å². The summed E-state index contributed by atoms with van der Waals surface area (Å²) in [5.41, 5.74) is 0.640. The molecule has 2 heterocycles. The number of piperidine rings is 1. The van der Waals surface area contributed by atoms with Gasteiger partial charge in [0, 0.05) is 32.9 Å². The molecule has 1 amide bonds. The van der Waals surface area contributed by atoms with Gasteiger partial charge in [-0.3, -0.25) is 9.48 Å². The van der Waals surface area contributed by atoms with Crippen LogP contribution < -0.4 is 0 Å². The van der Waals surface area contributed by atoms with E-state index >= 15 is 0 Å². The van der Waals surface area contributed by atoms with Crippen molar-refractivity contribution in [3.8, 4) is 0 Å². The highest BCUT2D eigenvalue weighted by Gasteiger charge is 2.25. The number of rotatable bonds is 6. The highest BCUT2D eigenvalue weighted by molar-refractivity contribution is 5.92. The minimum absolute atomic E-state index is 0.0535. The van der Waals surface area contributed by atoms with Crippen molar-refractivity contribution < 1.29 is 14.3 Å². The minimum atomic E-state index is 0.0535. The molecule has 0 bridgehead atoms. The van der Waals surface area contributed by atoms with Crippen LogP contribution in [0.5, 0.6) is 0 Å². The maximum atomic E-state index is 12.3. The second kappa shape index (κ2) is 7.40. The molecule has 112 valence electrons. The van der Waals surface area contributed by atoms with Crippen LogP contribution in [0.15, 0.2) is 12.3 Å². The lowest BCUT2D eigenvalue weighted by atomic mass is 10.1. The molecule has 0 unspecified atom stereocenters. The van der Waals surface area contributed by atoms with Gasteiger partial charge in [0.25, 0.3) is 5.91 Å². The highest BCUT2D eigenvalue weighted by atomic mass is 16.5. The quantitative estimate of drug-likeness (QED) is 0.732. The Hall–Kier alpha value is -1.40. The molecule has 0 aliphatic carbocycles. The third kappa shape index (κ3) is 3.80. The first kappa shape index (κ1) is 15.0. The van der Waals surface area contributed by atoms with Gasteiger partial charge in [-0.1, -0.05) is 0 Å². The van der Waals surface area contributed by atoms with Crippen molar-refractivity contribution in [1.29, 1.82) is 0 Å². The number of hydrogen-bond acceptors (Lipinski definition) is 4. The van der Waals surface area contributed by atoms with E-state index in [4.69, 9.17) is 9.47 Å². The van der Waals surface area contributed by atoms with Crippen LogP contribution in [0.2, 0.25) is 0 Å². The summed E-state index contributed by atoms with van der Waals surface area (Å²) in [7, 11) is 1.79. The molecule has 6 nitrogen and oxygen atoms in total. The third-order valence-electron chi connectivity index (χ3n) is 3.55. The largest absolute Gasteiger partial charge is 0.379 e. The van der Waals surface area contributed by atoms with E-state index < -0.39 is 0 Å². The van der Waals surface area contributed by atoms with E-state index in [0.29, 0.717) is 18.9 Å². The zero-order chi connectivity index (χ0) is 14.4. The maximum Gasteiger partial charge on any atom is 0.272 e. The van der Waals surface area contributed by atoms with Gasteiger partial charge < -0.3 is 14.4 Å². The highest BCUT2D eigenvalue weighted by Crippen LogP contribution is 2.16. The monoisotopic (exact) mass is 281 g/mol. The van der Waals surface area contributed by atoms with Crippen molar-refractivity contribution in [3.05, 3.63) is 18.0 Å². The summed E-state index contributed by atoms with van der Waals surface area (Å²) >= 11 is 0. The number of amides is 1. The van der Waals surface area contributed by atoms with E-state index in [9.17, 15) is 4.79 Å². The fourth-order valence-corrected chi connectivity index (χ4v) is 2.39. The van der Waals surface area contributed by atoms with Crippen LogP contribution in [0.4, 0.5) is 0 Å². The Labute approximate surface area is 119 Å². The topological polar surface area (TPSA) is 56.6 Å². The number of carbonyl (C=O) groups excluding carboxylic acids is 1. The molecule has 0 aromatic carbocycles. The maximum absolute atomic E-state index is 12.3. The molecule has 1 fully saturated rings. The van der Waals surface area contributed by atoms with Gasteiger partial charge in [0.1, 0.15) is 5.69 Å². The first-order valence-electron chi connectivity index (χ1n) is 7.19. The average molecular weight is 281 g/mol. The molecular weight excluding hydrogens is 258 g/mol. The lowest BCUT2D eigenvalue weighted by molar-refractivity contribution is -0.0184. The van der Waals surface area contributed by atoms with Crippen LogP contribution in [0.3, 0.4) is 0 Å². The minimum Gasteiger partial charge on any atom is -0.379 e. The number of hydrogen-bond donors (Lipinski definition) is 0. The van der Waals surface area contributed by atoms with E-state index in [0.717, 1.165) is 32.5 Å². The van der Waals surface area contributed by atoms with Gasteiger partial charge in [-0.05, 0) is 25.8 Å². The van der Waals surface area contributed by atoms with Crippen LogP contribution >= 0.6 is 0 Å². The van der Waals surface area contributed by atoms with E-state index in [1.807, 2.05) is 11.8 Å². The number of aryl methyl sites for hydroxylation is 1. The number of ether oxygens (including phenoxy) is 2. The molecule has 0 radical (unpaired) electrons. The summed E-state index contributed by atoms with van der Waals surface area (Å²) in [6.07, 6.45) is 3.66. The number of likely N-dealkylation sites (tertiary alicyclic amines) is 1. The van der Waals surface area contributed by atoms with Crippen molar-refractivity contribution in [2.75, 3.05) is 32.9 Å². The molecule has 1 aliphatic rings. The molecule has 1 aromatic rings. The fraction of sp³-hybridized carbons (Fsp3) is 0.714. The molecule has 6 heteroatoms. The molecule has 0 N–H and O–H groups in total. The Balaban J connectivity index is 1.74. The van der Waals surface area contributed by atoms with Gasteiger partial charge in [0.05, 0.1) is 19.3 Å². The number of aromatic nitrogens is 2. The van der Waals surface area contributed by atoms with Gasteiger partial charge >= 0.3 is 0 Å². The molecule has 0 atom stereocenters. The van der Waals surface area contributed by atoms with Gasteiger partial charge in [0.15, 0.2) is 0 Å². The zero-order valence-corrected chi connectivity index (χ0v) is 12.2. The van der Waals surface area contributed by atoms with Crippen molar-refractivity contribution >= 4 is 5.91 Å². The second-order valence-corrected chi connectivity index (χ2v) is 4.90. The molecule has 1 aromatic heterocycles. The zero-order valence-electron chi connectivity index (χ0n) is 12.2.